The second-order valence-corrected chi connectivity index (χ2v) is 4.08. The van der Waals surface area contributed by atoms with Crippen molar-refractivity contribution in [3.63, 3.8) is 0 Å². The van der Waals surface area contributed by atoms with Crippen molar-refractivity contribution in [2.45, 2.75) is 33.5 Å². The third-order valence-corrected chi connectivity index (χ3v) is 2.75. The van der Waals surface area contributed by atoms with Crippen LogP contribution in [-0.2, 0) is 19.6 Å². The van der Waals surface area contributed by atoms with Crippen LogP contribution in [0, 0.1) is 6.92 Å². The molecule has 0 atom stereocenters. The van der Waals surface area contributed by atoms with E-state index in [9.17, 15) is 0 Å². The molecule has 0 radical (unpaired) electrons. The van der Waals surface area contributed by atoms with Gasteiger partial charge in [0.15, 0.2) is 0 Å². The quantitative estimate of drug-likeness (QED) is 0.853. The number of hydrogen-bond donors (Lipinski definition) is 1. The molecule has 90 valence electrons. The number of pyridine rings is 1. The largest absolute Gasteiger partial charge is 0.334 e. The molecule has 0 bridgehead atoms. The van der Waals surface area contributed by atoms with Crippen molar-refractivity contribution in [1.29, 1.82) is 0 Å². The summed E-state index contributed by atoms with van der Waals surface area (Å²) in [4.78, 5) is 8.41. The Morgan fingerprint density at radius 2 is 2.12 bits per heavy atom. The van der Waals surface area contributed by atoms with E-state index in [1.54, 1.807) is 0 Å². The molecule has 0 fully saturated rings. The summed E-state index contributed by atoms with van der Waals surface area (Å²) in [6.07, 6.45) is 5.69. The van der Waals surface area contributed by atoms with E-state index in [1.807, 2.05) is 31.7 Å². The fraction of sp³-hybridized carbons (Fsp3) is 0.385. The summed E-state index contributed by atoms with van der Waals surface area (Å²) in [5, 5.41) is 3.40. The second kappa shape index (κ2) is 5.59. The van der Waals surface area contributed by atoms with E-state index >= 15 is 0 Å². The number of rotatable bonds is 5. The molecule has 0 saturated carbocycles. The molecule has 0 amide bonds. The molecule has 0 aliphatic heterocycles. The maximum atomic E-state index is 4.27. The smallest absolute Gasteiger partial charge is 0.0948 e. The summed E-state index contributed by atoms with van der Waals surface area (Å²) >= 11 is 0. The van der Waals surface area contributed by atoms with E-state index < -0.39 is 0 Å². The van der Waals surface area contributed by atoms with Gasteiger partial charge in [-0.3, -0.25) is 4.98 Å². The summed E-state index contributed by atoms with van der Waals surface area (Å²) in [7, 11) is 0. The third-order valence-electron chi connectivity index (χ3n) is 2.75. The maximum absolute atomic E-state index is 4.27. The molecule has 0 saturated heterocycles. The fourth-order valence-corrected chi connectivity index (χ4v) is 1.72. The summed E-state index contributed by atoms with van der Waals surface area (Å²) in [6.45, 7) is 6.75. The first-order valence-electron chi connectivity index (χ1n) is 5.91. The van der Waals surface area contributed by atoms with Crippen LogP contribution in [0.15, 0.2) is 30.9 Å². The molecule has 2 aromatic rings. The van der Waals surface area contributed by atoms with Gasteiger partial charge in [0.05, 0.1) is 12.0 Å². The summed E-state index contributed by atoms with van der Waals surface area (Å²) < 4.78 is 2.14. The number of nitrogens with zero attached hydrogens (tertiary/aromatic N) is 3. The number of aromatic nitrogens is 3. The fourth-order valence-electron chi connectivity index (χ4n) is 1.72. The van der Waals surface area contributed by atoms with E-state index in [-0.39, 0.29) is 0 Å². The highest BCUT2D eigenvalue weighted by Gasteiger charge is 1.99. The average molecular weight is 230 g/mol. The molecule has 0 aliphatic carbocycles. The minimum Gasteiger partial charge on any atom is -0.334 e. The molecule has 2 rings (SSSR count). The van der Waals surface area contributed by atoms with E-state index in [2.05, 4.69) is 32.8 Å². The van der Waals surface area contributed by atoms with Crippen molar-refractivity contribution < 1.29 is 0 Å². The first-order chi connectivity index (χ1) is 8.29. The van der Waals surface area contributed by atoms with Crippen LogP contribution in [0.4, 0.5) is 0 Å². The second-order valence-electron chi connectivity index (χ2n) is 4.08. The highest BCUT2D eigenvalue weighted by molar-refractivity contribution is 5.13. The molecule has 0 unspecified atom stereocenters. The zero-order valence-electron chi connectivity index (χ0n) is 10.3. The number of hydrogen-bond acceptors (Lipinski definition) is 3. The molecule has 1 N–H and O–H groups in total. The first kappa shape index (κ1) is 11.8. The van der Waals surface area contributed by atoms with Crippen molar-refractivity contribution in [3.05, 3.63) is 47.8 Å². The number of aryl methyl sites for hydroxylation is 2. The Balaban J connectivity index is 1.85. The van der Waals surface area contributed by atoms with Gasteiger partial charge >= 0.3 is 0 Å². The predicted molar refractivity (Wildman–Crippen MR) is 67.4 cm³/mol. The Labute approximate surface area is 102 Å². The van der Waals surface area contributed by atoms with Crippen LogP contribution < -0.4 is 5.32 Å². The molecule has 17 heavy (non-hydrogen) atoms. The topological polar surface area (TPSA) is 42.7 Å². The van der Waals surface area contributed by atoms with Gasteiger partial charge in [0.2, 0.25) is 0 Å². The first-order valence-corrected chi connectivity index (χ1v) is 5.91. The van der Waals surface area contributed by atoms with Crippen LogP contribution >= 0.6 is 0 Å². The van der Waals surface area contributed by atoms with E-state index in [0.29, 0.717) is 0 Å². The highest BCUT2D eigenvalue weighted by Crippen LogP contribution is 2.01. The molecule has 2 aromatic heterocycles. The lowest BCUT2D eigenvalue weighted by atomic mass is 10.2. The Hall–Kier alpha value is -1.68. The highest BCUT2D eigenvalue weighted by atomic mass is 15.1. The van der Waals surface area contributed by atoms with Crippen molar-refractivity contribution >= 4 is 0 Å². The van der Waals surface area contributed by atoms with E-state index in [1.165, 1.54) is 11.3 Å². The molecule has 0 aliphatic rings. The monoisotopic (exact) mass is 230 g/mol. The van der Waals surface area contributed by atoms with Crippen molar-refractivity contribution in [3.8, 4) is 0 Å². The summed E-state index contributed by atoms with van der Waals surface area (Å²) in [6, 6.07) is 4.14. The molecule has 2 heterocycles. The molecule has 0 aromatic carbocycles. The molecule has 0 spiro atoms. The Morgan fingerprint density at radius 3 is 2.82 bits per heavy atom. The summed E-state index contributed by atoms with van der Waals surface area (Å²) in [5.41, 5.74) is 3.48. The van der Waals surface area contributed by atoms with Crippen molar-refractivity contribution in [2.75, 3.05) is 0 Å². The number of imidazole rings is 1. The van der Waals surface area contributed by atoms with Crippen LogP contribution in [0.5, 0.6) is 0 Å². The van der Waals surface area contributed by atoms with E-state index in [4.69, 9.17) is 0 Å². The van der Waals surface area contributed by atoms with Gasteiger partial charge in [-0.15, -0.1) is 0 Å². The predicted octanol–water partition coefficient (Wildman–Crippen LogP) is 1.90. The molecule has 4 heteroatoms. The van der Waals surface area contributed by atoms with E-state index in [0.717, 1.165) is 25.3 Å². The lowest BCUT2D eigenvalue weighted by Gasteiger charge is -2.07. The van der Waals surface area contributed by atoms with Gasteiger partial charge in [0, 0.05) is 37.7 Å². The van der Waals surface area contributed by atoms with Crippen LogP contribution in [0.1, 0.15) is 23.9 Å². The normalized spacial score (nSPS) is 10.7. The minimum absolute atomic E-state index is 0.835. The zero-order valence-corrected chi connectivity index (χ0v) is 10.3. The molecular weight excluding hydrogens is 212 g/mol. The Bertz CT molecular complexity index is 459. The van der Waals surface area contributed by atoms with Gasteiger partial charge in [0.1, 0.15) is 0 Å². The van der Waals surface area contributed by atoms with Crippen LogP contribution in [0.3, 0.4) is 0 Å². The van der Waals surface area contributed by atoms with Crippen molar-refractivity contribution in [2.24, 2.45) is 0 Å². The van der Waals surface area contributed by atoms with Gasteiger partial charge in [0.25, 0.3) is 0 Å². The van der Waals surface area contributed by atoms with Gasteiger partial charge in [-0.25, -0.2) is 4.98 Å². The van der Waals surface area contributed by atoms with Crippen LogP contribution in [0.2, 0.25) is 0 Å². The van der Waals surface area contributed by atoms with Crippen LogP contribution in [-0.4, -0.2) is 14.5 Å². The SMILES string of the molecule is CCn1cncc1CNCc1ccc(C)nc1. The number of nitrogens with one attached hydrogen (secondary N) is 1. The minimum atomic E-state index is 0.835. The molecule has 4 nitrogen and oxygen atoms in total. The lowest BCUT2D eigenvalue weighted by molar-refractivity contribution is 0.627. The Morgan fingerprint density at radius 1 is 1.24 bits per heavy atom. The van der Waals surface area contributed by atoms with Gasteiger partial charge in [-0.2, -0.15) is 0 Å². The lowest BCUT2D eigenvalue weighted by Crippen LogP contribution is -2.15. The Kier molecular flexibility index (Phi) is 3.88. The zero-order chi connectivity index (χ0) is 12.1. The van der Waals surface area contributed by atoms with Gasteiger partial charge in [-0.1, -0.05) is 6.07 Å². The van der Waals surface area contributed by atoms with Crippen LogP contribution in [0.25, 0.3) is 0 Å². The summed E-state index contributed by atoms with van der Waals surface area (Å²) in [5.74, 6) is 0. The van der Waals surface area contributed by atoms with Gasteiger partial charge < -0.3 is 9.88 Å². The standard InChI is InChI=1S/C13H18N4/c1-3-17-10-15-9-13(17)8-14-6-12-5-4-11(2)16-7-12/h4-5,7,9-10,14H,3,6,8H2,1-2H3. The van der Waals surface area contributed by atoms with Gasteiger partial charge in [-0.05, 0) is 25.5 Å². The molecular formula is C13H18N4. The van der Waals surface area contributed by atoms with Crippen molar-refractivity contribution in [1.82, 2.24) is 19.9 Å². The third kappa shape index (κ3) is 3.14. The average Bonchev–Trinajstić information content (AvgIpc) is 2.79. The maximum Gasteiger partial charge on any atom is 0.0948 e.